The van der Waals surface area contributed by atoms with E-state index >= 15 is 0 Å². The lowest BCUT2D eigenvalue weighted by atomic mass is 10.2. The summed E-state index contributed by atoms with van der Waals surface area (Å²) >= 11 is 0. The molecule has 0 aliphatic carbocycles. The zero-order valence-electron chi connectivity index (χ0n) is 10.9. The van der Waals surface area contributed by atoms with E-state index in [4.69, 9.17) is 4.74 Å². The highest BCUT2D eigenvalue weighted by atomic mass is 16.5. The second-order valence-corrected chi connectivity index (χ2v) is 4.68. The molecule has 1 aromatic rings. The summed E-state index contributed by atoms with van der Waals surface area (Å²) in [6.07, 6.45) is 3.34. The number of nitrogens with zero attached hydrogens (tertiary/aromatic N) is 3. The largest absolute Gasteiger partial charge is 0.374 e. The zero-order chi connectivity index (χ0) is 13.0. The molecule has 2 rings (SSSR count). The first kappa shape index (κ1) is 13.0. The van der Waals surface area contributed by atoms with Gasteiger partial charge in [0, 0.05) is 39.1 Å². The molecule has 0 saturated carbocycles. The lowest BCUT2D eigenvalue weighted by molar-refractivity contribution is -0.0301. The molecule has 18 heavy (non-hydrogen) atoms. The first-order chi connectivity index (χ1) is 8.66. The van der Waals surface area contributed by atoms with Crippen LogP contribution in [0.5, 0.6) is 0 Å². The van der Waals surface area contributed by atoms with E-state index in [0.717, 1.165) is 19.7 Å². The summed E-state index contributed by atoms with van der Waals surface area (Å²) in [5.41, 5.74) is 0.615. The molecule has 98 valence electrons. The number of hydrogen-bond donors (Lipinski definition) is 0. The first-order valence-corrected chi connectivity index (χ1v) is 6.12. The van der Waals surface area contributed by atoms with Crippen molar-refractivity contribution in [2.45, 2.75) is 6.10 Å². The molecule has 5 nitrogen and oxygen atoms in total. The number of carbonyl (C=O) groups excluding carboxylic acids is 1. The molecule has 1 atom stereocenters. The predicted molar refractivity (Wildman–Crippen MR) is 68.4 cm³/mol. The lowest BCUT2D eigenvalue weighted by Crippen LogP contribution is -2.46. The van der Waals surface area contributed by atoms with Crippen molar-refractivity contribution >= 4 is 5.91 Å². The molecule has 2 heterocycles. The number of aromatic nitrogens is 1. The molecule has 1 amide bonds. The number of rotatable bonds is 3. The average molecular weight is 249 g/mol. The van der Waals surface area contributed by atoms with E-state index in [0.29, 0.717) is 12.1 Å². The number of pyridine rings is 1. The molecule has 1 unspecified atom stereocenters. The third kappa shape index (κ3) is 3.27. The molecule has 1 aliphatic rings. The maximum Gasteiger partial charge on any atom is 0.255 e. The van der Waals surface area contributed by atoms with Crippen LogP contribution in [0.2, 0.25) is 0 Å². The Balaban J connectivity index is 1.91. The third-order valence-corrected chi connectivity index (χ3v) is 3.07. The SMILES string of the molecule is CN1CCOC(CN(C)C(=O)c2cccnc2)C1. The number of likely N-dealkylation sites (N-methyl/N-ethyl adjacent to an activating group) is 2. The van der Waals surface area contributed by atoms with Gasteiger partial charge in [-0.15, -0.1) is 0 Å². The summed E-state index contributed by atoms with van der Waals surface area (Å²) in [6.45, 7) is 3.16. The van der Waals surface area contributed by atoms with Crippen LogP contribution in [0.25, 0.3) is 0 Å². The van der Waals surface area contributed by atoms with Crippen LogP contribution in [0, 0.1) is 0 Å². The van der Waals surface area contributed by atoms with Gasteiger partial charge in [-0.25, -0.2) is 0 Å². The second kappa shape index (κ2) is 5.93. The van der Waals surface area contributed by atoms with Gasteiger partial charge in [-0.05, 0) is 19.2 Å². The Morgan fingerprint density at radius 1 is 1.67 bits per heavy atom. The van der Waals surface area contributed by atoms with Crippen molar-refractivity contribution in [2.75, 3.05) is 40.3 Å². The van der Waals surface area contributed by atoms with Gasteiger partial charge in [0.1, 0.15) is 0 Å². The Morgan fingerprint density at radius 2 is 2.50 bits per heavy atom. The zero-order valence-corrected chi connectivity index (χ0v) is 10.9. The monoisotopic (exact) mass is 249 g/mol. The minimum Gasteiger partial charge on any atom is -0.374 e. The number of ether oxygens (including phenoxy) is 1. The van der Waals surface area contributed by atoms with Crippen molar-refractivity contribution in [2.24, 2.45) is 0 Å². The van der Waals surface area contributed by atoms with Crippen molar-refractivity contribution < 1.29 is 9.53 Å². The van der Waals surface area contributed by atoms with E-state index in [1.54, 1.807) is 36.5 Å². The van der Waals surface area contributed by atoms with Crippen LogP contribution in [0.4, 0.5) is 0 Å². The molecule has 1 aromatic heterocycles. The minimum atomic E-state index is -0.0140. The van der Waals surface area contributed by atoms with Crippen molar-refractivity contribution in [1.29, 1.82) is 0 Å². The van der Waals surface area contributed by atoms with Crippen LogP contribution in [0.3, 0.4) is 0 Å². The fourth-order valence-electron chi connectivity index (χ4n) is 2.08. The number of morpholine rings is 1. The Kier molecular flexibility index (Phi) is 4.28. The summed E-state index contributed by atoms with van der Waals surface area (Å²) in [7, 11) is 3.87. The van der Waals surface area contributed by atoms with Crippen LogP contribution >= 0.6 is 0 Å². The number of hydrogen-bond acceptors (Lipinski definition) is 4. The highest BCUT2D eigenvalue weighted by molar-refractivity contribution is 5.93. The molecule has 0 spiro atoms. The van der Waals surface area contributed by atoms with Gasteiger partial charge in [-0.2, -0.15) is 0 Å². The van der Waals surface area contributed by atoms with Gasteiger partial charge in [-0.1, -0.05) is 0 Å². The summed E-state index contributed by atoms with van der Waals surface area (Å²) in [6, 6.07) is 3.55. The number of carbonyl (C=O) groups is 1. The maximum absolute atomic E-state index is 12.1. The van der Waals surface area contributed by atoms with Crippen molar-refractivity contribution in [1.82, 2.24) is 14.8 Å². The van der Waals surface area contributed by atoms with Gasteiger partial charge in [-0.3, -0.25) is 9.78 Å². The molecule has 0 radical (unpaired) electrons. The van der Waals surface area contributed by atoms with E-state index in [2.05, 4.69) is 16.9 Å². The van der Waals surface area contributed by atoms with E-state index < -0.39 is 0 Å². The average Bonchev–Trinajstić information content (AvgIpc) is 2.39. The van der Waals surface area contributed by atoms with Crippen LogP contribution in [0.1, 0.15) is 10.4 Å². The molecule has 0 bridgehead atoms. The Bertz CT molecular complexity index is 396. The maximum atomic E-state index is 12.1. The molecular formula is C13H19N3O2. The van der Waals surface area contributed by atoms with Gasteiger partial charge in [0.05, 0.1) is 18.3 Å². The minimum absolute atomic E-state index is 0.0140. The highest BCUT2D eigenvalue weighted by Crippen LogP contribution is 2.07. The quantitative estimate of drug-likeness (QED) is 0.782. The fraction of sp³-hybridized carbons (Fsp3) is 0.538. The van der Waals surface area contributed by atoms with Gasteiger partial charge in [0.2, 0.25) is 0 Å². The van der Waals surface area contributed by atoms with Crippen LogP contribution in [0.15, 0.2) is 24.5 Å². The van der Waals surface area contributed by atoms with Gasteiger partial charge in [0.15, 0.2) is 0 Å². The lowest BCUT2D eigenvalue weighted by Gasteiger charge is -2.32. The van der Waals surface area contributed by atoms with Crippen molar-refractivity contribution in [3.05, 3.63) is 30.1 Å². The van der Waals surface area contributed by atoms with E-state index in [9.17, 15) is 4.79 Å². The topological polar surface area (TPSA) is 45.7 Å². The molecule has 1 fully saturated rings. The van der Waals surface area contributed by atoms with E-state index in [1.165, 1.54) is 0 Å². The summed E-state index contributed by atoms with van der Waals surface area (Å²) in [4.78, 5) is 20.0. The molecular weight excluding hydrogens is 230 g/mol. The Morgan fingerprint density at radius 3 is 3.17 bits per heavy atom. The molecule has 0 N–H and O–H groups in total. The van der Waals surface area contributed by atoms with Crippen LogP contribution in [-0.2, 0) is 4.74 Å². The third-order valence-electron chi connectivity index (χ3n) is 3.07. The van der Waals surface area contributed by atoms with Gasteiger partial charge >= 0.3 is 0 Å². The molecule has 1 aliphatic heterocycles. The highest BCUT2D eigenvalue weighted by Gasteiger charge is 2.21. The summed E-state index contributed by atoms with van der Waals surface area (Å²) < 4.78 is 5.65. The molecule has 0 aromatic carbocycles. The standard InChI is InChI=1S/C13H19N3O2/c1-15-6-7-18-12(9-15)10-16(2)13(17)11-4-3-5-14-8-11/h3-5,8,12H,6-7,9-10H2,1-2H3. The van der Waals surface area contributed by atoms with Crippen molar-refractivity contribution in [3.63, 3.8) is 0 Å². The van der Waals surface area contributed by atoms with E-state index in [-0.39, 0.29) is 12.0 Å². The summed E-state index contributed by atoms with van der Waals surface area (Å²) in [5.74, 6) is -0.0140. The van der Waals surface area contributed by atoms with Gasteiger partial charge < -0.3 is 14.5 Å². The van der Waals surface area contributed by atoms with Gasteiger partial charge in [0.25, 0.3) is 5.91 Å². The smallest absolute Gasteiger partial charge is 0.255 e. The number of amides is 1. The molecule has 1 saturated heterocycles. The molecule has 5 heteroatoms. The van der Waals surface area contributed by atoms with E-state index in [1.807, 2.05) is 0 Å². The van der Waals surface area contributed by atoms with Crippen molar-refractivity contribution in [3.8, 4) is 0 Å². The normalized spacial score (nSPS) is 20.7. The Hall–Kier alpha value is -1.46. The fourth-order valence-corrected chi connectivity index (χ4v) is 2.08. The summed E-state index contributed by atoms with van der Waals surface area (Å²) in [5, 5.41) is 0. The first-order valence-electron chi connectivity index (χ1n) is 6.12. The van der Waals surface area contributed by atoms with Crippen LogP contribution in [-0.4, -0.2) is 67.1 Å². The predicted octanol–water partition coefficient (Wildman–Crippen LogP) is 0.484. The Labute approximate surface area is 107 Å². The second-order valence-electron chi connectivity index (χ2n) is 4.68. The van der Waals surface area contributed by atoms with Crippen LogP contribution < -0.4 is 0 Å².